The smallest absolute Gasteiger partial charge is 0.150 e. The topological polar surface area (TPSA) is 46.2 Å². The molecular formula is C11H23NO2S. The molecule has 3 unspecified atom stereocenters. The lowest BCUT2D eigenvalue weighted by Crippen LogP contribution is -2.35. The van der Waals surface area contributed by atoms with Gasteiger partial charge in [0.2, 0.25) is 0 Å². The van der Waals surface area contributed by atoms with Gasteiger partial charge >= 0.3 is 0 Å². The summed E-state index contributed by atoms with van der Waals surface area (Å²) in [7, 11) is -0.791. The molecular weight excluding hydrogens is 210 g/mol. The molecule has 0 aliphatic carbocycles. The van der Waals surface area contributed by atoms with Crippen LogP contribution in [0.4, 0.5) is 0 Å². The highest BCUT2D eigenvalue weighted by molar-refractivity contribution is 7.91. The van der Waals surface area contributed by atoms with Crippen LogP contribution in [0.15, 0.2) is 0 Å². The predicted molar refractivity (Wildman–Crippen MR) is 63.7 cm³/mol. The summed E-state index contributed by atoms with van der Waals surface area (Å²) in [6.07, 6.45) is 3.09. The second-order valence-corrected chi connectivity index (χ2v) is 7.04. The van der Waals surface area contributed by atoms with Gasteiger partial charge in [-0.25, -0.2) is 8.42 Å². The van der Waals surface area contributed by atoms with Crippen molar-refractivity contribution in [1.29, 1.82) is 0 Å². The molecule has 0 amide bonds. The summed E-state index contributed by atoms with van der Waals surface area (Å²) in [5.74, 6) is 1.77. The van der Waals surface area contributed by atoms with Crippen molar-refractivity contribution in [3.8, 4) is 0 Å². The minimum atomic E-state index is -2.73. The summed E-state index contributed by atoms with van der Waals surface area (Å²) in [5.41, 5.74) is 0. The molecule has 0 aromatic heterocycles. The minimum Gasteiger partial charge on any atom is -0.317 e. The molecule has 0 radical (unpaired) electrons. The average Bonchev–Trinajstić information content (AvgIpc) is 2.54. The van der Waals surface area contributed by atoms with Crippen LogP contribution in [0.25, 0.3) is 0 Å². The maximum absolute atomic E-state index is 11.4. The van der Waals surface area contributed by atoms with Gasteiger partial charge in [0.05, 0.1) is 11.5 Å². The van der Waals surface area contributed by atoms with Crippen molar-refractivity contribution in [3.63, 3.8) is 0 Å². The van der Waals surface area contributed by atoms with E-state index in [-0.39, 0.29) is 0 Å². The van der Waals surface area contributed by atoms with E-state index in [0.717, 1.165) is 19.3 Å². The summed E-state index contributed by atoms with van der Waals surface area (Å²) in [4.78, 5) is 0. The Kier molecular flexibility index (Phi) is 4.59. The van der Waals surface area contributed by atoms with Crippen molar-refractivity contribution in [1.82, 2.24) is 5.32 Å². The van der Waals surface area contributed by atoms with Gasteiger partial charge in [0.15, 0.2) is 9.84 Å². The molecule has 1 fully saturated rings. The van der Waals surface area contributed by atoms with Crippen molar-refractivity contribution in [2.24, 2.45) is 11.8 Å². The van der Waals surface area contributed by atoms with E-state index in [1.165, 1.54) is 0 Å². The molecule has 1 aliphatic heterocycles. The monoisotopic (exact) mass is 233 g/mol. The Hall–Kier alpha value is -0.0900. The van der Waals surface area contributed by atoms with Crippen molar-refractivity contribution >= 4 is 9.84 Å². The number of rotatable bonds is 5. The Labute approximate surface area is 93.6 Å². The van der Waals surface area contributed by atoms with Crippen LogP contribution in [0.2, 0.25) is 0 Å². The third-order valence-corrected chi connectivity index (χ3v) is 5.35. The Morgan fingerprint density at radius 1 is 1.47 bits per heavy atom. The van der Waals surface area contributed by atoms with E-state index >= 15 is 0 Å². The van der Waals surface area contributed by atoms with E-state index in [1.807, 2.05) is 7.05 Å². The molecule has 4 heteroatoms. The largest absolute Gasteiger partial charge is 0.317 e. The zero-order valence-electron chi connectivity index (χ0n) is 9.99. The van der Waals surface area contributed by atoms with Gasteiger partial charge in [-0.05, 0) is 31.7 Å². The fourth-order valence-corrected chi connectivity index (χ4v) is 4.17. The van der Waals surface area contributed by atoms with E-state index in [2.05, 4.69) is 19.2 Å². The van der Waals surface area contributed by atoms with E-state index in [9.17, 15) is 8.42 Å². The normalized spacial score (nSPS) is 28.9. The third kappa shape index (κ3) is 3.76. The molecule has 1 N–H and O–H groups in total. The van der Waals surface area contributed by atoms with Gasteiger partial charge in [0.25, 0.3) is 0 Å². The Bertz CT molecular complexity index is 287. The van der Waals surface area contributed by atoms with E-state index in [1.54, 1.807) is 0 Å². The highest BCUT2D eigenvalue weighted by Crippen LogP contribution is 2.25. The third-order valence-electron chi connectivity index (χ3n) is 3.56. The molecule has 3 nitrogen and oxygen atoms in total. The lowest BCUT2D eigenvalue weighted by molar-refractivity contribution is 0.329. The van der Waals surface area contributed by atoms with Gasteiger partial charge < -0.3 is 5.32 Å². The molecule has 0 aromatic carbocycles. The van der Waals surface area contributed by atoms with Crippen LogP contribution in [-0.4, -0.2) is 33.0 Å². The molecule has 1 aliphatic rings. The Morgan fingerprint density at radius 2 is 2.13 bits per heavy atom. The number of nitrogens with one attached hydrogen (secondary N) is 1. The molecule has 1 heterocycles. The lowest BCUT2D eigenvalue weighted by atomic mass is 9.90. The predicted octanol–water partition coefficient (Wildman–Crippen LogP) is 1.45. The maximum atomic E-state index is 11.4. The van der Waals surface area contributed by atoms with Gasteiger partial charge in [-0.2, -0.15) is 0 Å². The van der Waals surface area contributed by atoms with Crippen LogP contribution < -0.4 is 5.32 Å². The van der Waals surface area contributed by atoms with Crippen molar-refractivity contribution < 1.29 is 8.42 Å². The molecule has 90 valence electrons. The van der Waals surface area contributed by atoms with E-state index in [4.69, 9.17) is 0 Å². The van der Waals surface area contributed by atoms with Crippen molar-refractivity contribution in [2.45, 2.75) is 39.2 Å². The van der Waals surface area contributed by atoms with Crippen LogP contribution in [0.5, 0.6) is 0 Å². The molecule has 15 heavy (non-hydrogen) atoms. The molecule has 0 aromatic rings. The van der Waals surface area contributed by atoms with Crippen LogP contribution in [0.1, 0.15) is 33.1 Å². The van der Waals surface area contributed by atoms with Gasteiger partial charge in [-0.3, -0.25) is 0 Å². The Balaban J connectivity index is 2.53. The minimum absolute atomic E-state index is 0.328. The van der Waals surface area contributed by atoms with E-state index < -0.39 is 9.84 Å². The zero-order chi connectivity index (χ0) is 11.5. The molecule has 0 bridgehead atoms. The number of hydrogen-bond donors (Lipinski definition) is 1. The lowest BCUT2D eigenvalue weighted by Gasteiger charge is -2.24. The first kappa shape index (κ1) is 13.0. The van der Waals surface area contributed by atoms with Gasteiger partial charge in [-0.15, -0.1) is 0 Å². The number of sulfone groups is 1. The van der Waals surface area contributed by atoms with Crippen LogP contribution in [-0.2, 0) is 9.84 Å². The fraction of sp³-hybridized carbons (Fsp3) is 1.00. The van der Waals surface area contributed by atoms with Crippen molar-refractivity contribution in [3.05, 3.63) is 0 Å². The Morgan fingerprint density at radius 3 is 2.53 bits per heavy atom. The summed E-state index contributed by atoms with van der Waals surface area (Å²) in [6.45, 7) is 4.41. The van der Waals surface area contributed by atoms with Gasteiger partial charge in [0.1, 0.15) is 0 Å². The van der Waals surface area contributed by atoms with Gasteiger partial charge in [-0.1, -0.05) is 20.3 Å². The molecule has 1 rings (SSSR count). The number of hydrogen-bond acceptors (Lipinski definition) is 3. The quantitative estimate of drug-likeness (QED) is 0.781. The van der Waals surface area contributed by atoms with Crippen LogP contribution >= 0.6 is 0 Å². The SMILES string of the molecule is CCC(C)CC(NC)C1CCS(=O)(=O)C1. The maximum Gasteiger partial charge on any atom is 0.150 e. The highest BCUT2D eigenvalue weighted by atomic mass is 32.2. The van der Waals surface area contributed by atoms with Crippen LogP contribution in [0.3, 0.4) is 0 Å². The average molecular weight is 233 g/mol. The molecule has 0 spiro atoms. The summed E-state index contributed by atoms with van der Waals surface area (Å²) < 4.78 is 22.8. The second kappa shape index (κ2) is 5.30. The molecule has 0 saturated carbocycles. The standard InChI is InChI=1S/C11H23NO2S/c1-4-9(2)7-11(12-3)10-5-6-15(13,14)8-10/h9-12H,4-8H2,1-3H3. The first-order valence-corrected chi connectivity index (χ1v) is 7.68. The molecule has 1 saturated heterocycles. The summed E-state index contributed by atoms with van der Waals surface area (Å²) in [5, 5.41) is 3.28. The first-order valence-electron chi connectivity index (χ1n) is 5.86. The van der Waals surface area contributed by atoms with E-state index in [0.29, 0.717) is 29.4 Å². The zero-order valence-corrected chi connectivity index (χ0v) is 10.8. The van der Waals surface area contributed by atoms with Gasteiger partial charge in [0, 0.05) is 6.04 Å². The fourth-order valence-electron chi connectivity index (χ4n) is 2.29. The first-order chi connectivity index (χ1) is 6.98. The molecule has 3 atom stereocenters. The van der Waals surface area contributed by atoms with Crippen molar-refractivity contribution in [2.75, 3.05) is 18.6 Å². The summed E-state index contributed by atoms with van der Waals surface area (Å²) >= 11 is 0. The second-order valence-electron chi connectivity index (χ2n) is 4.81. The summed E-state index contributed by atoms with van der Waals surface area (Å²) in [6, 6.07) is 0.372. The highest BCUT2D eigenvalue weighted by Gasteiger charge is 2.33. The van der Waals surface area contributed by atoms with Crippen LogP contribution in [0, 0.1) is 11.8 Å².